The molecule has 0 saturated carbocycles. The summed E-state index contributed by atoms with van der Waals surface area (Å²) in [5.74, 6) is -1.90. The van der Waals surface area contributed by atoms with Crippen LogP contribution in [0.3, 0.4) is 0 Å². The smallest absolute Gasteiger partial charge is 0.220 e. The minimum Gasteiger partial charge on any atom is -0.346 e. The molecule has 0 aromatic rings. The van der Waals surface area contributed by atoms with E-state index in [1.165, 1.54) is 27.7 Å². The van der Waals surface area contributed by atoms with Gasteiger partial charge >= 0.3 is 0 Å². The van der Waals surface area contributed by atoms with E-state index in [4.69, 9.17) is 0 Å². The Labute approximate surface area is 147 Å². The minimum atomic E-state index is -0.850. The second-order valence-corrected chi connectivity index (χ2v) is 6.13. The van der Waals surface area contributed by atoms with Gasteiger partial charge < -0.3 is 10.6 Å². The second-order valence-electron chi connectivity index (χ2n) is 6.13. The third-order valence-electron chi connectivity index (χ3n) is 3.44. The average molecular weight is 354 g/mol. The van der Waals surface area contributed by atoms with Crippen LogP contribution in [0.2, 0.25) is 0 Å². The highest BCUT2D eigenvalue weighted by molar-refractivity contribution is 5.93. The lowest BCUT2D eigenvalue weighted by Crippen LogP contribution is -2.42. The molecular weight excluding hydrogens is 328 g/mol. The molecule has 0 aromatic carbocycles. The summed E-state index contributed by atoms with van der Waals surface area (Å²) in [6.45, 7) is 5.24. The number of rotatable bonds is 12. The van der Waals surface area contributed by atoms with E-state index in [2.05, 4.69) is 10.6 Å². The molecule has 8 heteroatoms. The largest absolute Gasteiger partial charge is 0.346 e. The van der Waals surface area contributed by atoms with Crippen LogP contribution in [0, 0.1) is 0 Å². The first kappa shape index (κ1) is 22.6. The molecule has 0 bridgehead atoms. The van der Waals surface area contributed by atoms with Crippen molar-refractivity contribution in [2.75, 3.05) is 0 Å². The molecule has 8 nitrogen and oxygen atoms in total. The highest BCUT2D eigenvalue weighted by atomic mass is 16.2. The molecule has 0 heterocycles. The molecule has 0 radical (unpaired) electrons. The Hall–Kier alpha value is -2.38. The van der Waals surface area contributed by atoms with Gasteiger partial charge in [-0.2, -0.15) is 0 Å². The van der Waals surface area contributed by atoms with Crippen molar-refractivity contribution in [3.8, 4) is 0 Å². The van der Waals surface area contributed by atoms with Gasteiger partial charge in [-0.25, -0.2) is 0 Å². The van der Waals surface area contributed by atoms with E-state index in [0.29, 0.717) is 0 Å². The Bertz CT molecular complexity index is 507. The maximum atomic E-state index is 11.8. The van der Waals surface area contributed by atoms with Crippen LogP contribution in [0.25, 0.3) is 0 Å². The molecule has 0 aliphatic carbocycles. The molecule has 0 saturated heterocycles. The molecular formula is C17H26N2O6. The van der Waals surface area contributed by atoms with Crippen LogP contribution in [-0.4, -0.2) is 47.0 Å². The van der Waals surface area contributed by atoms with Crippen molar-refractivity contribution in [3.63, 3.8) is 0 Å². The molecule has 0 spiro atoms. The van der Waals surface area contributed by atoms with Crippen molar-refractivity contribution in [1.82, 2.24) is 10.6 Å². The number of carbonyl (C=O) groups is 6. The fourth-order valence-corrected chi connectivity index (χ4v) is 2.11. The number of amides is 2. The van der Waals surface area contributed by atoms with Crippen LogP contribution in [0.1, 0.15) is 59.8 Å². The summed E-state index contributed by atoms with van der Waals surface area (Å²) >= 11 is 0. The highest BCUT2D eigenvalue weighted by Gasteiger charge is 2.20. The first-order valence-corrected chi connectivity index (χ1v) is 8.11. The van der Waals surface area contributed by atoms with Crippen LogP contribution in [0.5, 0.6) is 0 Å². The SMILES string of the molecule is CC(=O)CC(NC(=O)CCCC(=O)NC(CC(C)=O)C(C)=O)C(C)=O. The molecule has 0 fully saturated rings. The van der Waals surface area contributed by atoms with Gasteiger partial charge in [-0.1, -0.05) is 0 Å². The monoisotopic (exact) mass is 354 g/mol. The fraction of sp³-hybridized carbons (Fsp3) is 0.647. The van der Waals surface area contributed by atoms with Crippen molar-refractivity contribution in [2.45, 2.75) is 71.9 Å². The number of carbonyl (C=O) groups excluding carboxylic acids is 6. The van der Waals surface area contributed by atoms with Crippen molar-refractivity contribution in [1.29, 1.82) is 0 Å². The van der Waals surface area contributed by atoms with Crippen molar-refractivity contribution >= 4 is 34.9 Å². The Kier molecular flexibility index (Phi) is 10.2. The van der Waals surface area contributed by atoms with Crippen LogP contribution < -0.4 is 10.6 Å². The topological polar surface area (TPSA) is 126 Å². The highest BCUT2D eigenvalue weighted by Crippen LogP contribution is 2.02. The maximum absolute atomic E-state index is 11.8. The molecule has 0 aliphatic rings. The lowest BCUT2D eigenvalue weighted by Gasteiger charge is -2.15. The number of ketones is 4. The summed E-state index contributed by atoms with van der Waals surface area (Å²) in [6, 6.07) is -1.70. The molecule has 140 valence electrons. The minimum absolute atomic E-state index is 0.00650. The van der Waals surface area contributed by atoms with Gasteiger partial charge in [0.2, 0.25) is 11.8 Å². The second kappa shape index (κ2) is 11.2. The summed E-state index contributed by atoms with van der Waals surface area (Å²) < 4.78 is 0. The normalized spacial score (nSPS) is 12.6. The summed E-state index contributed by atoms with van der Waals surface area (Å²) in [5, 5.41) is 4.93. The van der Waals surface area contributed by atoms with E-state index in [-0.39, 0.29) is 55.2 Å². The van der Waals surface area contributed by atoms with Gasteiger partial charge in [0.15, 0.2) is 11.6 Å². The lowest BCUT2D eigenvalue weighted by atomic mass is 10.1. The molecule has 0 rings (SSSR count). The number of nitrogens with one attached hydrogen (secondary N) is 2. The van der Waals surface area contributed by atoms with Crippen LogP contribution in [0.15, 0.2) is 0 Å². The summed E-state index contributed by atoms with van der Waals surface area (Å²) in [4.78, 5) is 68.5. The predicted octanol–water partition coefficient (Wildman–Crippen LogP) is 0.262. The first-order chi connectivity index (χ1) is 11.5. The van der Waals surface area contributed by atoms with Crippen LogP contribution in [0.4, 0.5) is 0 Å². The summed E-state index contributed by atoms with van der Waals surface area (Å²) in [7, 11) is 0. The van der Waals surface area contributed by atoms with Gasteiger partial charge in [0.25, 0.3) is 0 Å². The zero-order valence-electron chi connectivity index (χ0n) is 15.1. The Morgan fingerprint density at radius 3 is 1.20 bits per heavy atom. The molecule has 0 aromatic heterocycles. The van der Waals surface area contributed by atoms with Crippen molar-refractivity contribution in [3.05, 3.63) is 0 Å². The van der Waals surface area contributed by atoms with E-state index in [1.807, 2.05) is 0 Å². The van der Waals surface area contributed by atoms with Gasteiger partial charge in [0.1, 0.15) is 11.6 Å². The number of hydrogen-bond acceptors (Lipinski definition) is 6. The van der Waals surface area contributed by atoms with E-state index in [0.717, 1.165) is 0 Å². The van der Waals surface area contributed by atoms with Crippen molar-refractivity contribution in [2.24, 2.45) is 0 Å². The Morgan fingerprint density at radius 1 is 0.640 bits per heavy atom. The lowest BCUT2D eigenvalue weighted by molar-refractivity contribution is -0.129. The number of Topliss-reactive ketones (excluding diaryl/α,β-unsaturated/α-hetero) is 4. The zero-order chi connectivity index (χ0) is 19.6. The molecule has 0 aliphatic heterocycles. The standard InChI is InChI=1S/C17H26N2O6/c1-10(20)8-14(12(3)22)18-16(24)6-5-7-17(25)19-15(13(4)23)9-11(2)21/h14-15H,5-9H2,1-4H3,(H,18,24)(H,19,25). The summed E-state index contributed by atoms with van der Waals surface area (Å²) in [6.07, 6.45) is 0.103. The average Bonchev–Trinajstić information content (AvgIpc) is 2.44. The molecule has 2 amide bonds. The van der Waals surface area contributed by atoms with Gasteiger partial charge in [0.05, 0.1) is 12.1 Å². The molecule has 2 atom stereocenters. The first-order valence-electron chi connectivity index (χ1n) is 8.11. The van der Waals surface area contributed by atoms with E-state index < -0.39 is 23.9 Å². The molecule has 25 heavy (non-hydrogen) atoms. The van der Waals surface area contributed by atoms with Gasteiger partial charge in [-0.05, 0) is 34.1 Å². The third kappa shape index (κ3) is 10.9. The summed E-state index contributed by atoms with van der Waals surface area (Å²) in [5.41, 5.74) is 0. The van der Waals surface area contributed by atoms with Crippen LogP contribution in [-0.2, 0) is 28.8 Å². The fourth-order valence-electron chi connectivity index (χ4n) is 2.11. The zero-order valence-corrected chi connectivity index (χ0v) is 15.1. The van der Waals surface area contributed by atoms with Crippen molar-refractivity contribution < 1.29 is 28.8 Å². The van der Waals surface area contributed by atoms with E-state index in [9.17, 15) is 28.8 Å². The van der Waals surface area contributed by atoms with E-state index in [1.54, 1.807) is 0 Å². The van der Waals surface area contributed by atoms with E-state index >= 15 is 0 Å². The number of hydrogen-bond donors (Lipinski definition) is 2. The van der Waals surface area contributed by atoms with Gasteiger partial charge in [0, 0.05) is 25.7 Å². The predicted molar refractivity (Wildman–Crippen MR) is 89.7 cm³/mol. The third-order valence-corrected chi connectivity index (χ3v) is 3.44. The quantitative estimate of drug-likeness (QED) is 0.518. The van der Waals surface area contributed by atoms with Crippen LogP contribution >= 0.6 is 0 Å². The van der Waals surface area contributed by atoms with Gasteiger partial charge in [-0.15, -0.1) is 0 Å². The maximum Gasteiger partial charge on any atom is 0.220 e. The molecule has 2 unspecified atom stereocenters. The Morgan fingerprint density at radius 2 is 0.960 bits per heavy atom. The van der Waals surface area contributed by atoms with Gasteiger partial charge in [-0.3, -0.25) is 28.8 Å². The Balaban J connectivity index is 4.31. The molecule has 2 N–H and O–H groups in total.